The molecule has 2 fully saturated rings. The zero-order valence-corrected chi connectivity index (χ0v) is 25.8. The van der Waals surface area contributed by atoms with Gasteiger partial charge in [-0.2, -0.15) is 36.4 Å². The van der Waals surface area contributed by atoms with Crippen molar-refractivity contribution in [3.05, 3.63) is 69.8 Å². The van der Waals surface area contributed by atoms with Crippen LogP contribution in [0.1, 0.15) is 55.9 Å². The summed E-state index contributed by atoms with van der Waals surface area (Å²) in [6.45, 7) is 6.55. The SMILES string of the molecule is CC(C)(C)OC(=O)N1CCN(C2=NC(=O)C(=Cc3ccc4c(cnn4Cc4ccc(C(F)(F)F)cc4C(F)(F)F)c3)S2)CC12CC2. The maximum Gasteiger partial charge on any atom is 0.416 e. The van der Waals surface area contributed by atoms with Gasteiger partial charge in [0.05, 0.1) is 39.8 Å². The third kappa shape index (κ3) is 6.46. The minimum Gasteiger partial charge on any atom is -0.444 e. The van der Waals surface area contributed by atoms with Gasteiger partial charge >= 0.3 is 18.4 Å². The lowest BCUT2D eigenvalue weighted by Gasteiger charge is -2.42. The van der Waals surface area contributed by atoms with E-state index in [0.29, 0.717) is 52.2 Å². The lowest BCUT2D eigenvalue weighted by Crippen LogP contribution is -2.58. The molecule has 1 saturated heterocycles. The Morgan fingerprint density at radius 2 is 1.76 bits per heavy atom. The Kier molecular flexibility index (Phi) is 7.68. The molecule has 1 aromatic heterocycles. The minimum atomic E-state index is -4.99. The Morgan fingerprint density at radius 1 is 1.02 bits per heavy atom. The van der Waals surface area contributed by atoms with E-state index in [1.807, 2.05) is 25.7 Å². The number of piperazine rings is 1. The average Bonchev–Trinajstić information content (AvgIpc) is 3.43. The summed E-state index contributed by atoms with van der Waals surface area (Å²) in [6, 6.07) is 6.58. The highest BCUT2D eigenvalue weighted by Gasteiger charge is 2.55. The number of carbonyl (C=O) groups excluding carboxylic acids is 2. The summed E-state index contributed by atoms with van der Waals surface area (Å²) in [5.41, 5.74) is -2.95. The minimum absolute atomic E-state index is 0.114. The third-order valence-corrected chi connectivity index (χ3v) is 9.04. The van der Waals surface area contributed by atoms with E-state index in [4.69, 9.17) is 4.74 Å². The molecule has 2 aliphatic heterocycles. The van der Waals surface area contributed by atoms with Gasteiger partial charge in [-0.3, -0.25) is 14.4 Å². The highest BCUT2D eigenvalue weighted by molar-refractivity contribution is 8.18. The molecule has 1 saturated carbocycles. The Labute approximate surface area is 264 Å². The number of amides is 2. The van der Waals surface area contributed by atoms with Gasteiger partial charge in [0.2, 0.25) is 0 Å². The zero-order chi connectivity index (χ0) is 33.2. The van der Waals surface area contributed by atoms with Crippen molar-refractivity contribution in [1.82, 2.24) is 19.6 Å². The molecule has 3 aromatic rings. The lowest BCUT2D eigenvalue weighted by molar-refractivity contribution is -0.143. The molecule has 244 valence electrons. The predicted molar refractivity (Wildman–Crippen MR) is 160 cm³/mol. The maximum atomic E-state index is 13.7. The first-order valence-corrected chi connectivity index (χ1v) is 15.2. The molecule has 3 heterocycles. The molecule has 46 heavy (non-hydrogen) atoms. The first kappa shape index (κ1) is 32.0. The van der Waals surface area contributed by atoms with Crippen molar-refractivity contribution in [3.63, 3.8) is 0 Å². The topological polar surface area (TPSA) is 80.0 Å². The second-order valence-electron chi connectivity index (χ2n) is 12.6. The molecule has 2 aromatic carbocycles. The van der Waals surface area contributed by atoms with Crippen LogP contribution in [0, 0.1) is 0 Å². The van der Waals surface area contributed by atoms with Gasteiger partial charge in [-0.05, 0) is 86.8 Å². The van der Waals surface area contributed by atoms with Crippen molar-refractivity contribution >= 4 is 45.9 Å². The van der Waals surface area contributed by atoms with Gasteiger partial charge < -0.3 is 9.64 Å². The number of aliphatic imine (C=N–C) groups is 1. The molecule has 1 aliphatic carbocycles. The first-order valence-electron chi connectivity index (χ1n) is 14.4. The number of fused-ring (bicyclic) bond motifs is 1. The largest absolute Gasteiger partial charge is 0.444 e. The van der Waals surface area contributed by atoms with E-state index >= 15 is 0 Å². The number of benzene rings is 2. The van der Waals surface area contributed by atoms with Gasteiger partial charge in [-0.1, -0.05) is 12.1 Å². The van der Waals surface area contributed by atoms with Crippen LogP contribution < -0.4 is 0 Å². The standard InChI is InChI=1S/C31H29F6N5O3S/c1-28(2,3)45-27(44)41-11-10-40(17-29(41)8-9-29)26-39-25(43)24(46-26)13-18-4-7-23-20(12-18)15-38-42(23)16-19-5-6-21(30(32,33)34)14-22(19)31(35,36)37/h4-7,12-15H,8-11,16-17H2,1-3H3. The number of rotatable bonds is 3. The van der Waals surface area contributed by atoms with Crippen LogP contribution in [0.5, 0.6) is 0 Å². The fourth-order valence-electron chi connectivity index (χ4n) is 5.64. The molecule has 0 bridgehead atoms. The Bertz CT molecular complexity index is 1790. The average molecular weight is 666 g/mol. The van der Waals surface area contributed by atoms with E-state index in [0.717, 1.165) is 18.9 Å². The fraction of sp³-hybridized carbons (Fsp3) is 0.419. The van der Waals surface area contributed by atoms with Crippen LogP contribution >= 0.6 is 11.8 Å². The summed E-state index contributed by atoms with van der Waals surface area (Å²) in [4.78, 5) is 34.1. The number of nitrogens with zero attached hydrogens (tertiary/aromatic N) is 5. The summed E-state index contributed by atoms with van der Waals surface area (Å²) in [5.74, 6) is -0.405. The highest BCUT2D eigenvalue weighted by atomic mass is 32.2. The van der Waals surface area contributed by atoms with E-state index in [9.17, 15) is 35.9 Å². The number of carbonyl (C=O) groups is 2. The van der Waals surface area contributed by atoms with Crippen molar-refractivity contribution in [2.24, 2.45) is 4.99 Å². The molecule has 3 aliphatic rings. The van der Waals surface area contributed by atoms with Crippen LogP contribution in [0.2, 0.25) is 0 Å². The number of hydrogen-bond acceptors (Lipinski definition) is 6. The molecular weight excluding hydrogens is 636 g/mol. The molecular formula is C31H29F6N5O3S. The van der Waals surface area contributed by atoms with E-state index in [1.54, 1.807) is 29.2 Å². The normalized spacial score (nSPS) is 19.4. The summed E-state index contributed by atoms with van der Waals surface area (Å²) < 4.78 is 87.1. The molecule has 8 nitrogen and oxygen atoms in total. The van der Waals surface area contributed by atoms with Gasteiger partial charge in [0, 0.05) is 25.0 Å². The number of aromatic nitrogens is 2. The van der Waals surface area contributed by atoms with E-state index in [2.05, 4.69) is 10.1 Å². The summed E-state index contributed by atoms with van der Waals surface area (Å²) in [7, 11) is 0. The molecule has 0 N–H and O–H groups in total. The van der Waals surface area contributed by atoms with Crippen LogP contribution in [0.25, 0.3) is 17.0 Å². The Morgan fingerprint density at radius 3 is 2.41 bits per heavy atom. The smallest absolute Gasteiger partial charge is 0.416 e. The Hall–Kier alpha value is -4.01. The molecule has 6 rings (SSSR count). The van der Waals surface area contributed by atoms with Crippen LogP contribution in [-0.4, -0.2) is 67.5 Å². The molecule has 1 spiro atoms. The van der Waals surface area contributed by atoms with Crippen molar-refractivity contribution in [3.8, 4) is 0 Å². The van der Waals surface area contributed by atoms with E-state index < -0.39 is 41.5 Å². The van der Waals surface area contributed by atoms with Crippen LogP contribution in [-0.2, 0) is 28.4 Å². The van der Waals surface area contributed by atoms with Gasteiger partial charge in [0.15, 0.2) is 5.17 Å². The second-order valence-corrected chi connectivity index (χ2v) is 13.6. The van der Waals surface area contributed by atoms with Crippen molar-refractivity contribution in [2.45, 2.75) is 63.7 Å². The monoisotopic (exact) mass is 665 g/mol. The highest BCUT2D eigenvalue weighted by Crippen LogP contribution is 2.46. The summed E-state index contributed by atoms with van der Waals surface area (Å²) in [5, 5.41) is 5.29. The molecule has 2 amide bonds. The summed E-state index contributed by atoms with van der Waals surface area (Å²) >= 11 is 1.23. The van der Waals surface area contributed by atoms with E-state index in [1.165, 1.54) is 22.6 Å². The molecule has 0 unspecified atom stereocenters. The second kappa shape index (κ2) is 11.1. The van der Waals surface area contributed by atoms with Crippen molar-refractivity contribution in [1.29, 1.82) is 0 Å². The van der Waals surface area contributed by atoms with E-state index in [-0.39, 0.29) is 23.3 Å². The maximum absolute atomic E-state index is 13.7. The van der Waals surface area contributed by atoms with Crippen molar-refractivity contribution in [2.75, 3.05) is 19.6 Å². The predicted octanol–water partition coefficient (Wildman–Crippen LogP) is 7.18. The quantitative estimate of drug-likeness (QED) is 0.218. The molecule has 15 heteroatoms. The number of amidine groups is 1. The van der Waals surface area contributed by atoms with Crippen LogP contribution in [0.4, 0.5) is 31.1 Å². The molecule has 0 atom stereocenters. The van der Waals surface area contributed by atoms with Crippen molar-refractivity contribution < 1.29 is 40.7 Å². The number of hydrogen-bond donors (Lipinski definition) is 0. The number of thioether (sulfide) groups is 1. The number of alkyl halides is 6. The van der Waals surface area contributed by atoms with Gasteiger partial charge in [-0.15, -0.1) is 0 Å². The van der Waals surface area contributed by atoms with Gasteiger partial charge in [-0.25, -0.2) is 4.79 Å². The number of halogens is 6. The third-order valence-electron chi connectivity index (χ3n) is 8.00. The first-order chi connectivity index (χ1) is 21.4. The summed E-state index contributed by atoms with van der Waals surface area (Å²) in [6.07, 6.45) is -5.47. The lowest BCUT2D eigenvalue weighted by atomic mass is 10.0. The van der Waals surface area contributed by atoms with Crippen LogP contribution in [0.15, 0.2) is 52.5 Å². The zero-order valence-electron chi connectivity index (χ0n) is 25.0. The van der Waals surface area contributed by atoms with Crippen LogP contribution in [0.3, 0.4) is 0 Å². The Balaban J connectivity index is 1.16. The fourth-order valence-corrected chi connectivity index (χ4v) is 6.58. The van der Waals surface area contributed by atoms with Gasteiger partial charge in [0.25, 0.3) is 5.91 Å². The number of ether oxygens (including phenoxy) is 1. The van der Waals surface area contributed by atoms with Gasteiger partial charge in [0.1, 0.15) is 5.60 Å². The molecule has 0 radical (unpaired) electrons.